The lowest BCUT2D eigenvalue weighted by Gasteiger charge is -2.60. The molecule has 3 rings (SSSR count). The number of allylic oxidation sites excluding steroid dienone is 2. The molecule has 29 heavy (non-hydrogen) atoms. The van der Waals surface area contributed by atoms with Crippen molar-refractivity contribution in [1.29, 1.82) is 0 Å². The van der Waals surface area contributed by atoms with E-state index < -0.39 is 0 Å². The van der Waals surface area contributed by atoms with E-state index in [9.17, 15) is 9.59 Å². The minimum Gasteiger partial charge on any atom is -0.458 e. The summed E-state index contributed by atoms with van der Waals surface area (Å²) in [5.74, 6) is 0.452. The van der Waals surface area contributed by atoms with Crippen molar-refractivity contribution in [2.24, 2.45) is 22.7 Å². The van der Waals surface area contributed by atoms with E-state index in [0.29, 0.717) is 24.0 Å². The van der Waals surface area contributed by atoms with Crippen LogP contribution in [0.2, 0.25) is 0 Å². The van der Waals surface area contributed by atoms with Gasteiger partial charge in [0.1, 0.15) is 12.7 Å². The highest BCUT2D eigenvalue weighted by Gasteiger charge is 2.58. The predicted octanol–water partition coefficient (Wildman–Crippen LogP) is 5.54. The third-order valence-corrected chi connectivity index (χ3v) is 8.35. The Bertz CT molecular complexity index is 774. The van der Waals surface area contributed by atoms with Crippen molar-refractivity contribution in [3.63, 3.8) is 0 Å². The van der Waals surface area contributed by atoms with Crippen LogP contribution in [-0.2, 0) is 19.1 Å². The quantitative estimate of drug-likeness (QED) is 0.345. The minimum absolute atomic E-state index is 0.106. The average molecular weight is 401 g/mol. The smallest absolute Gasteiger partial charge is 0.333 e. The van der Waals surface area contributed by atoms with Crippen LogP contribution in [0.4, 0.5) is 0 Å². The third kappa shape index (κ3) is 3.83. The maximum atomic E-state index is 12.6. The van der Waals surface area contributed by atoms with Crippen LogP contribution in [0.25, 0.3) is 0 Å². The number of hydrogen-bond acceptors (Lipinski definition) is 4. The van der Waals surface area contributed by atoms with Crippen molar-refractivity contribution < 1.29 is 19.1 Å². The lowest BCUT2D eigenvalue weighted by molar-refractivity contribution is -0.172. The molecular formula is C25H36O4. The van der Waals surface area contributed by atoms with Crippen LogP contribution >= 0.6 is 0 Å². The van der Waals surface area contributed by atoms with Gasteiger partial charge in [0.2, 0.25) is 0 Å². The summed E-state index contributed by atoms with van der Waals surface area (Å²) in [7, 11) is 0. The summed E-state index contributed by atoms with van der Waals surface area (Å²) in [6.07, 6.45) is 10.7. The van der Waals surface area contributed by atoms with E-state index in [1.807, 2.05) is 19.9 Å². The van der Waals surface area contributed by atoms with Gasteiger partial charge in [-0.1, -0.05) is 38.5 Å². The molecule has 3 aliphatic rings. The second-order valence-electron chi connectivity index (χ2n) is 9.72. The average Bonchev–Trinajstić information content (AvgIpc) is 3.11. The van der Waals surface area contributed by atoms with Crippen molar-refractivity contribution >= 4 is 11.9 Å². The summed E-state index contributed by atoms with van der Waals surface area (Å²) in [5.41, 5.74) is 3.09. The number of hydrogen-bond donors (Lipinski definition) is 0. The van der Waals surface area contributed by atoms with Gasteiger partial charge in [0, 0.05) is 17.1 Å². The van der Waals surface area contributed by atoms with Crippen LogP contribution in [0.15, 0.2) is 34.9 Å². The summed E-state index contributed by atoms with van der Waals surface area (Å²) in [6, 6.07) is 0. The fourth-order valence-corrected chi connectivity index (χ4v) is 5.85. The van der Waals surface area contributed by atoms with Crippen molar-refractivity contribution in [2.45, 2.75) is 79.8 Å². The van der Waals surface area contributed by atoms with Crippen molar-refractivity contribution in [2.75, 3.05) is 6.61 Å². The summed E-state index contributed by atoms with van der Waals surface area (Å²) < 4.78 is 11.2. The first-order chi connectivity index (χ1) is 13.6. The van der Waals surface area contributed by atoms with Crippen LogP contribution in [-0.4, -0.2) is 24.6 Å². The Balaban J connectivity index is 1.89. The standard InChI is InChI=1S/C25H36O4/c1-7-16(2)23(27)29-21-13-18(4)24(5,12-11-19-14-22(26)28-15-19)20-10-8-9-17(3)25(20,21)6/h7,9,14,18,20-21H,8,10-13,15H2,1-6H3. The van der Waals surface area contributed by atoms with Gasteiger partial charge in [-0.05, 0) is 75.7 Å². The normalized spacial score (nSPS) is 37.4. The maximum absolute atomic E-state index is 12.6. The molecule has 4 heteroatoms. The molecule has 2 aliphatic carbocycles. The van der Waals surface area contributed by atoms with Crippen LogP contribution < -0.4 is 0 Å². The van der Waals surface area contributed by atoms with Crippen LogP contribution in [0, 0.1) is 22.7 Å². The summed E-state index contributed by atoms with van der Waals surface area (Å²) >= 11 is 0. The van der Waals surface area contributed by atoms with E-state index in [2.05, 4.69) is 33.8 Å². The molecule has 0 bridgehead atoms. The van der Waals surface area contributed by atoms with Gasteiger partial charge in [0.25, 0.3) is 0 Å². The Kier molecular flexibility index (Phi) is 6.12. The molecule has 0 aromatic rings. The molecule has 4 nitrogen and oxygen atoms in total. The largest absolute Gasteiger partial charge is 0.458 e. The molecule has 0 spiro atoms. The number of carbonyl (C=O) groups excluding carboxylic acids is 2. The fraction of sp³-hybridized carbons (Fsp3) is 0.680. The molecule has 0 saturated heterocycles. The molecule has 160 valence electrons. The molecule has 0 aromatic heterocycles. The van der Waals surface area contributed by atoms with E-state index in [-0.39, 0.29) is 28.9 Å². The molecular weight excluding hydrogens is 364 g/mol. The zero-order valence-corrected chi connectivity index (χ0v) is 18.8. The van der Waals surface area contributed by atoms with Crippen LogP contribution in [0.3, 0.4) is 0 Å². The highest BCUT2D eigenvalue weighted by molar-refractivity contribution is 5.87. The molecule has 5 atom stereocenters. The van der Waals surface area contributed by atoms with Gasteiger partial charge < -0.3 is 9.47 Å². The topological polar surface area (TPSA) is 52.6 Å². The molecule has 1 heterocycles. The number of rotatable bonds is 5. The van der Waals surface area contributed by atoms with E-state index in [4.69, 9.17) is 9.47 Å². The Hall–Kier alpha value is -1.84. The van der Waals surface area contributed by atoms with E-state index in [1.165, 1.54) is 5.57 Å². The number of cyclic esters (lactones) is 1. The molecule has 5 unspecified atom stereocenters. The molecule has 1 fully saturated rings. The second-order valence-corrected chi connectivity index (χ2v) is 9.72. The number of esters is 2. The first-order valence-electron chi connectivity index (χ1n) is 11.0. The van der Waals surface area contributed by atoms with Crippen molar-refractivity contribution in [3.8, 4) is 0 Å². The lowest BCUT2D eigenvalue weighted by atomic mass is 9.46. The van der Waals surface area contributed by atoms with Gasteiger partial charge in [-0.2, -0.15) is 0 Å². The summed E-state index contributed by atoms with van der Waals surface area (Å²) in [5, 5.41) is 0. The molecule has 0 amide bonds. The molecule has 0 radical (unpaired) electrons. The van der Waals surface area contributed by atoms with E-state index in [0.717, 1.165) is 37.7 Å². The SMILES string of the molecule is CC=C(C)C(=O)OC1CC(C)C(C)(CCC2=CC(=O)OC2)C2CCC=C(C)C12C. The Morgan fingerprint density at radius 2 is 2.10 bits per heavy atom. The van der Waals surface area contributed by atoms with Crippen LogP contribution in [0.1, 0.15) is 73.6 Å². The molecule has 0 aromatic carbocycles. The number of carbonyl (C=O) groups is 2. The highest BCUT2D eigenvalue weighted by Crippen LogP contribution is 2.62. The second kappa shape index (κ2) is 8.12. The molecule has 1 aliphatic heterocycles. The first kappa shape index (κ1) is 21.9. The van der Waals surface area contributed by atoms with Crippen LogP contribution in [0.5, 0.6) is 0 Å². The monoisotopic (exact) mass is 400 g/mol. The molecule has 0 N–H and O–H groups in total. The third-order valence-electron chi connectivity index (χ3n) is 8.35. The van der Waals surface area contributed by atoms with Gasteiger partial charge in [-0.15, -0.1) is 0 Å². The van der Waals surface area contributed by atoms with Gasteiger partial charge >= 0.3 is 11.9 Å². The number of ether oxygens (including phenoxy) is 2. The Morgan fingerprint density at radius 3 is 2.72 bits per heavy atom. The van der Waals surface area contributed by atoms with E-state index >= 15 is 0 Å². The Morgan fingerprint density at radius 1 is 1.38 bits per heavy atom. The van der Waals surface area contributed by atoms with Gasteiger partial charge in [0.15, 0.2) is 0 Å². The van der Waals surface area contributed by atoms with Crippen molar-refractivity contribution in [1.82, 2.24) is 0 Å². The Labute approximate surface area is 175 Å². The fourth-order valence-electron chi connectivity index (χ4n) is 5.85. The first-order valence-corrected chi connectivity index (χ1v) is 11.0. The maximum Gasteiger partial charge on any atom is 0.333 e. The summed E-state index contributed by atoms with van der Waals surface area (Å²) in [4.78, 5) is 24.0. The van der Waals surface area contributed by atoms with E-state index in [1.54, 1.807) is 6.08 Å². The zero-order valence-electron chi connectivity index (χ0n) is 18.8. The predicted molar refractivity (Wildman–Crippen MR) is 114 cm³/mol. The molecule has 1 saturated carbocycles. The van der Waals surface area contributed by atoms with Crippen molar-refractivity contribution in [3.05, 3.63) is 34.9 Å². The summed E-state index contributed by atoms with van der Waals surface area (Å²) in [6.45, 7) is 13.4. The minimum atomic E-state index is -0.213. The zero-order chi connectivity index (χ0) is 21.4. The lowest BCUT2D eigenvalue weighted by Crippen LogP contribution is -2.57. The van der Waals surface area contributed by atoms with Gasteiger partial charge in [0.05, 0.1) is 0 Å². The highest BCUT2D eigenvalue weighted by atomic mass is 16.5. The number of fused-ring (bicyclic) bond motifs is 1. The van der Waals surface area contributed by atoms with Gasteiger partial charge in [-0.25, -0.2) is 9.59 Å². The van der Waals surface area contributed by atoms with Gasteiger partial charge in [-0.3, -0.25) is 0 Å².